The van der Waals surface area contributed by atoms with Crippen LogP contribution in [0.4, 0.5) is 0 Å². The molecule has 0 amide bonds. The Kier molecular flexibility index (Phi) is 4.41. The highest BCUT2D eigenvalue weighted by Crippen LogP contribution is 2.26. The highest BCUT2D eigenvalue weighted by molar-refractivity contribution is 5.32. The van der Waals surface area contributed by atoms with Gasteiger partial charge in [-0.3, -0.25) is 0 Å². The lowest BCUT2D eigenvalue weighted by Gasteiger charge is -2.19. The minimum Gasteiger partial charge on any atom is -0.393 e. The van der Waals surface area contributed by atoms with Crippen LogP contribution in [0.15, 0.2) is 18.2 Å². The highest BCUT2D eigenvalue weighted by Gasteiger charge is 2.23. The van der Waals surface area contributed by atoms with E-state index in [1.165, 1.54) is 16.7 Å². The summed E-state index contributed by atoms with van der Waals surface area (Å²) in [5.74, 6) is 0.646. The maximum atomic E-state index is 9.53. The standard InChI is InChI=1S/C16H25NO/c1-11-4-5-12(2)16(8-11)13(3)17-10-14-6-7-15(18)9-14/h4-5,8,13-15,17-18H,6-7,9-10H2,1-3H3. The molecule has 3 atom stereocenters. The van der Waals surface area contributed by atoms with E-state index >= 15 is 0 Å². The van der Waals surface area contributed by atoms with E-state index in [2.05, 4.69) is 44.3 Å². The number of nitrogens with one attached hydrogen (secondary N) is 1. The molecule has 2 N–H and O–H groups in total. The summed E-state index contributed by atoms with van der Waals surface area (Å²) < 4.78 is 0. The van der Waals surface area contributed by atoms with E-state index in [-0.39, 0.29) is 6.10 Å². The Balaban J connectivity index is 1.91. The van der Waals surface area contributed by atoms with E-state index < -0.39 is 0 Å². The van der Waals surface area contributed by atoms with Gasteiger partial charge in [0.05, 0.1) is 6.10 Å². The van der Waals surface area contributed by atoms with Crippen LogP contribution in [-0.2, 0) is 0 Å². The minimum atomic E-state index is -0.0622. The van der Waals surface area contributed by atoms with Gasteiger partial charge in [-0.2, -0.15) is 0 Å². The first-order chi connectivity index (χ1) is 8.56. The molecule has 0 heterocycles. The smallest absolute Gasteiger partial charge is 0.0543 e. The van der Waals surface area contributed by atoms with E-state index in [1.807, 2.05) is 0 Å². The number of rotatable bonds is 4. The van der Waals surface area contributed by atoms with Gasteiger partial charge in [-0.25, -0.2) is 0 Å². The van der Waals surface area contributed by atoms with Crippen LogP contribution in [0.3, 0.4) is 0 Å². The molecule has 100 valence electrons. The van der Waals surface area contributed by atoms with Crippen molar-refractivity contribution in [2.45, 2.75) is 52.2 Å². The quantitative estimate of drug-likeness (QED) is 0.857. The van der Waals surface area contributed by atoms with Gasteiger partial charge in [0, 0.05) is 6.04 Å². The molecule has 1 fully saturated rings. The average Bonchev–Trinajstić information content (AvgIpc) is 2.75. The van der Waals surface area contributed by atoms with Gasteiger partial charge in [0.25, 0.3) is 0 Å². The zero-order valence-electron chi connectivity index (χ0n) is 11.7. The number of hydrogen-bond donors (Lipinski definition) is 2. The van der Waals surface area contributed by atoms with Crippen molar-refractivity contribution in [1.29, 1.82) is 0 Å². The number of aliphatic hydroxyl groups excluding tert-OH is 1. The van der Waals surface area contributed by atoms with Crippen molar-refractivity contribution >= 4 is 0 Å². The van der Waals surface area contributed by atoms with Gasteiger partial charge in [0.15, 0.2) is 0 Å². The van der Waals surface area contributed by atoms with Crippen LogP contribution in [0.25, 0.3) is 0 Å². The van der Waals surface area contributed by atoms with Crippen LogP contribution in [0.1, 0.15) is 48.9 Å². The van der Waals surface area contributed by atoms with Crippen molar-refractivity contribution < 1.29 is 5.11 Å². The Bertz CT molecular complexity index is 402. The molecule has 0 radical (unpaired) electrons. The second-order valence-electron chi connectivity index (χ2n) is 5.82. The molecule has 1 aromatic rings. The fraction of sp³-hybridized carbons (Fsp3) is 0.625. The van der Waals surface area contributed by atoms with Gasteiger partial charge in [-0.05, 0) is 63.6 Å². The molecular weight excluding hydrogens is 222 g/mol. The van der Waals surface area contributed by atoms with Gasteiger partial charge in [0.1, 0.15) is 0 Å². The predicted molar refractivity (Wildman–Crippen MR) is 75.7 cm³/mol. The monoisotopic (exact) mass is 247 g/mol. The minimum absolute atomic E-state index is 0.0622. The second kappa shape index (κ2) is 5.85. The summed E-state index contributed by atoms with van der Waals surface area (Å²) in [6.07, 6.45) is 3.04. The Morgan fingerprint density at radius 2 is 2.11 bits per heavy atom. The first-order valence-electron chi connectivity index (χ1n) is 7.05. The predicted octanol–water partition coefficient (Wildman–Crippen LogP) is 3.12. The zero-order valence-corrected chi connectivity index (χ0v) is 11.7. The van der Waals surface area contributed by atoms with Crippen LogP contribution in [-0.4, -0.2) is 17.8 Å². The van der Waals surface area contributed by atoms with Crippen LogP contribution < -0.4 is 5.32 Å². The number of aliphatic hydroxyl groups is 1. The van der Waals surface area contributed by atoms with E-state index in [4.69, 9.17) is 0 Å². The largest absolute Gasteiger partial charge is 0.393 e. The van der Waals surface area contributed by atoms with Crippen LogP contribution in [0.5, 0.6) is 0 Å². The SMILES string of the molecule is Cc1ccc(C)c(C(C)NCC2CCC(O)C2)c1. The van der Waals surface area contributed by atoms with Gasteiger partial charge in [-0.1, -0.05) is 23.8 Å². The molecule has 18 heavy (non-hydrogen) atoms. The van der Waals surface area contributed by atoms with Crippen molar-refractivity contribution in [3.05, 3.63) is 34.9 Å². The molecule has 1 aliphatic rings. The van der Waals surface area contributed by atoms with E-state index in [1.54, 1.807) is 0 Å². The summed E-state index contributed by atoms with van der Waals surface area (Å²) in [6, 6.07) is 7.03. The first kappa shape index (κ1) is 13.6. The lowest BCUT2D eigenvalue weighted by molar-refractivity contribution is 0.177. The third-order valence-corrected chi connectivity index (χ3v) is 4.13. The van der Waals surface area contributed by atoms with Crippen LogP contribution >= 0.6 is 0 Å². The summed E-state index contributed by atoms with van der Waals surface area (Å²) in [6.45, 7) is 7.56. The Labute approximate surface area is 110 Å². The molecule has 1 saturated carbocycles. The van der Waals surface area contributed by atoms with Crippen molar-refractivity contribution in [2.24, 2.45) is 5.92 Å². The summed E-state index contributed by atoms with van der Waals surface area (Å²) in [7, 11) is 0. The van der Waals surface area contributed by atoms with E-state index in [0.717, 1.165) is 25.8 Å². The summed E-state index contributed by atoms with van der Waals surface area (Å²) in [5.41, 5.74) is 4.07. The molecule has 1 aromatic carbocycles. The Morgan fingerprint density at radius 3 is 2.78 bits per heavy atom. The molecule has 0 aromatic heterocycles. The Morgan fingerprint density at radius 1 is 1.33 bits per heavy atom. The Hall–Kier alpha value is -0.860. The average molecular weight is 247 g/mol. The van der Waals surface area contributed by atoms with Crippen molar-refractivity contribution in [1.82, 2.24) is 5.32 Å². The molecule has 0 aliphatic heterocycles. The summed E-state index contributed by atoms with van der Waals surface area (Å²) in [4.78, 5) is 0. The van der Waals surface area contributed by atoms with Gasteiger partial charge < -0.3 is 10.4 Å². The second-order valence-corrected chi connectivity index (χ2v) is 5.82. The zero-order chi connectivity index (χ0) is 13.1. The van der Waals surface area contributed by atoms with E-state index in [9.17, 15) is 5.11 Å². The number of hydrogen-bond acceptors (Lipinski definition) is 2. The maximum absolute atomic E-state index is 9.53. The lowest BCUT2D eigenvalue weighted by atomic mass is 9.99. The third-order valence-electron chi connectivity index (χ3n) is 4.13. The molecule has 1 aliphatic carbocycles. The molecule has 0 spiro atoms. The van der Waals surface area contributed by atoms with Crippen LogP contribution in [0.2, 0.25) is 0 Å². The van der Waals surface area contributed by atoms with Crippen molar-refractivity contribution in [3.63, 3.8) is 0 Å². The van der Waals surface area contributed by atoms with Gasteiger partial charge in [-0.15, -0.1) is 0 Å². The molecule has 2 nitrogen and oxygen atoms in total. The van der Waals surface area contributed by atoms with Gasteiger partial charge >= 0.3 is 0 Å². The van der Waals surface area contributed by atoms with Crippen molar-refractivity contribution in [2.75, 3.05) is 6.54 Å². The fourth-order valence-corrected chi connectivity index (χ4v) is 2.91. The summed E-state index contributed by atoms with van der Waals surface area (Å²) in [5, 5.41) is 13.2. The lowest BCUT2D eigenvalue weighted by Crippen LogP contribution is -2.25. The number of aryl methyl sites for hydroxylation is 2. The van der Waals surface area contributed by atoms with Crippen molar-refractivity contribution in [3.8, 4) is 0 Å². The third kappa shape index (κ3) is 3.33. The molecule has 2 rings (SSSR count). The molecule has 0 saturated heterocycles. The van der Waals surface area contributed by atoms with Crippen LogP contribution in [0, 0.1) is 19.8 Å². The normalized spacial score (nSPS) is 25.3. The molecule has 2 heteroatoms. The fourth-order valence-electron chi connectivity index (χ4n) is 2.91. The summed E-state index contributed by atoms with van der Waals surface area (Å²) >= 11 is 0. The molecule has 3 unspecified atom stereocenters. The van der Waals surface area contributed by atoms with Gasteiger partial charge in [0.2, 0.25) is 0 Å². The highest BCUT2D eigenvalue weighted by atomic mass is 16.3. The molecule has 0 bridgehead atoms. The first-order valence-corrected chi connectivity index (χ1v) is 7.05. The topological polar surface area (TPSA) is 32.3 Å². The van der Waals surface area contributed by atoms with E-state index in [0.29, 0.717) is 12.0 Å². The maximum Gasteiger partial charge on any atom is 0.0543 e. The number of benzene rings is 1. The molecular formula is C16H25NO.